The summed E-state index contributed by atoms with van der Waals surface area (Å²) in [7, 11) is 1.74. The van der Waals surface area contributed by atoms with Crippen molar-refractivity contribution in [1.82, 2.24) is 19.8 Å². The van der Waals surface area contributed by atoms with Crippen molar-refractivity contribution in [3.8, 4) is 0 Å². The van der Waals surface area contributed by atoms with Gasteiger partial charge in [-0.15, -0.1) is 0 Å². The summed E-state index contributed by atoms with van der Waals surface area (Å²) in [6, 6.07) is 0. The third-order valence-corrected chi connectivity index (χ3v) is 3.38. The SMILES string of the molecule is CNc1cncc(C(=O)N2CCN(CC(C)(C)O)CC2)n1. The van der Waals surface area contributed by atoms with Crippen LogP contribution in [0.25, 0.3) is 0 Å². The third kappa shape index (κ3) is 4.37. The van der Waals surface area contributed by atoms with Gasteiger partial charge in [0, 0.05) is 39.8 Å². The summed E-state index contributed by atoms with van der Waals surface area (Å²) in [5.41, 5.74) is -0.350. The maximum Gasteiger partial charge on any atom is 0.274 e. The zero-order valence-corrected chi connectivity index (χ0v) is 12.8. The molecule has 1 aromatic heterocycles. The first-order valence-corrected chi connectivity index (χ1v) is 7.13. The lowest BCUT2D eigenvalue weighted by atomic mass is 10.1. The number of nitrogens with one attached hydrogen (secondary N) is 1. The molecule has 0 aliphatic carbocycles. The number of aromatic nitrogens is 2. The molecule has 2 N–H and O–H groups in total. The number of carbonyl (C=O) groups excluding carboxylic acids is 1. The van der Waals surface area contributed by atoms with Gasteiger partial charge >= 0.3 is 0 Å². The summed E-state index contributed by atoms with van der Waals surface area (Å²) in [5.74, 6) is 0.490. The van der Waals surface area contributed by atoms with Crippen LogP contribution in [0, 0.1) is 0 Å². The van der Waals surface area contributed by atoms with Gasteiger partial charge in [-0.2, -0.15) is 0 Å². The summed E-state index contributed by atoms with van der Waals surface area (Å²) >= 11 is 0. The molecule has 0 atom stereocenters. The molecule has 0 saturated carbocycles. The molecule has 116 valence electrons. The lowest BCUT2D eigenvalue weighted by molar-refractivity contribution is 0.0177. The Hall–Kier alpha value is -1.73. The standard InChI is InChI=1S/C14H23N5O2/c1-14(2,21)10-18-4-6-19(7-5-18)13(20)11-8-16-9-12(15-3)17-11/h8-9,21H,4-7,10H2,1-3H3,(H,15,17). The van der Waals surface area contributed by atoms with Gasteiger partial charge in [0.15, 0.2) is 0 Å². The Morgan fingerprint density at radius 3 is 2.57 bits per heavy atom. The number of piperazine rings is 1. The normalized spacial score (nSPS) is 16.9. The van der Waals surface area contributed by atoms with Gasteiger partial charge in [0.05, 0.1) is 18.0 Å². The Morgan fingerprint density at radius 1 is 1.33 bits per heavy atom. The predicted molar refractivity (Wildman–Crippen MR) is 80.2 cm³/mol. The number of amides is 1. The van der Waals surface area contributed by atoms with Crippen molar-refractivity contribution in [2.45, 2.75) is 19.4 Å². The van der Waals surface area contributed by atoms with Crippen LogP contribution in [0.5, 0.6) is 0 Å². The van der Waals surface area contributed by atoms with Crippen LogP contribution in [0.2, 0.25) is 0 Å². The van der Waals surface area contributed by atoms with E-state index in [1.807, 2.05) is 0 Å². The molecule has 0 radical (unpaired) electrons. The highest BCUT2D eigenvalue weighted by Crippen LogP contribution is 2.11. The molecule has 7 heteroatoms. The van der Waals surface area contributed by atoms with Crippen molar-refractivity contribution in [2.75, 3.05) is 45.1 Å². The minimum absolute atomic E-state index is 0.0949. The molecule has 1 aliphatic rings. The molecule has 0 spiro atoms. The van der Waals surface area contributed by atoms with Crippen LogP contribution in [-0.2, 0) is 0 Å². The monoisotopic (exact) mass is 293 g/mol. The topological polar surface area (TPSA) is 81.6 Å². The van der Waals surface area contributed by atoms with Crippen molar-refractivity contribution in [1.29, 1.82) is 0 Å². The van der Waals surface area contributed by atoms with Crippen LogP contribution in [0.1, 0.15) is 24.3 Å². The van der Waals surface area contributed by atoms with E-state index in [0.29, 0.717) is 31.1 Å². The molecule has 21 heavy (non-hydrogen) atoms. The van der Waals surface area contributed by atoms with E-state index in [-0.39, 0.29) is 5.91 Å². The van der Waals surface area contributed by atoms with E-state index in [2.05, 4.69) is 20.2 Å². The number of β-amino-alcohol motifs (C(OH)–C–C–N with tert-alkyl or cyclic N) is 1. The molecular weight excluding hydrogens is 270 g/mol. The highest BCUT2D eigenvalue weighted by molar-refractivity contribution is 5.92. The van der Waals surface area contributed by atoms with Crippen molar-refractivity contribution < 1.29 is 9.90 Å². The Kier molecular flexibility index (Phi) is 4.74. The van der Waals surface area contributed by atoms with Crippen molar-refractivity contribution in [3.05, 3.63) is 18.1 Å². The van der Waals surface area contributed by atoms with E-state index >= 15 is 0 Å². The Labute approximate surface area is 125 Å². The fourth-order valence-electron chi connectivity index (χ4n) is 2.41. The molecule has 1 aromatic rings. The average Bonchev–Trinajstić information content (AvgIpc) is 2.46. The lowest BCUT2D eigenvalue weighted by Crippen LogP contribution is -2.52. The van der Waals surface area contributed by atoms with E-state index < -0.39 is 5.60 Å². The zero-order valence-electron chi connectivity index (χ0n) is 12.8. The first kappa shape index (κ1) is 15.7. The number of anilines is 1. The molecule has 0 aromatic carbocycles. The minimum Gasteiger partial charge on any atom is -0.389 e. The second-order valence-electron chi connectivity index (χ2n) is 5.92. The number of rotatable bonds is 4. The Morgan fingerprint density at radius 2 is 2.00 bits per heavy atom. The average molecular weight is 293 g/mol. The quantitative estimate of drug-likeness (QED) is 0.816. The first-order valence-electron chi connectivity index (χ1n) is 7.13. The summed E-state index contributed by atoms with van der Waals surface area (Å²) in [6.07, 6.45) is 3.07. The van der Waals surface area contributed by atoms with Gasteiger partial charge in [0.2, 0.25) is 0 Å². The highest BCUT2D eigenvalue weighted by atomic mass is 16.3. The minimum atomic E-state index is -0.710. The van der Waals surface area contributed by atoms with Crippen LogP contribution < -0.4 is 5.32 Å². The fraction of sp³-hybridized carbons (Fsp3) is 0.643. The van der Waals surface area contributed by atoms with Gasteiger partial charge in [-0.05, 0) is 13.8 Å². The van der Waals surface area contributed by atoms with Crippen LogP contribution in [0.3, 0.4) is 0 Å². The number of nitrogens with zero attached hydrogens (tertiary/aromatic N) is 4. The molecule has 0 unspecified atom stereocenters. The second kappa shape index (κ2) is 6.36. The number of hydrogen-bond acceptors (Lipinski definition) is 6. The van der Waals surface area contributed by atoms with Crippen LogP contribution >= 0.6 is 0 Å². The second-order valence-corrected chi connectivity index (χ2v) is 5.92. The zero-order chi connectivity index (χ0) is 15.5. The van der Waals surface area contributed by atoms with Crippen molar-refractivity contribution in [2.24, 2.45) is 0 Å². The van der Waals surface area contributed by atoms with E-state index in [1.165, 1.54) is 6.20 Å². The van der Waals surface area contributed by atoms with Crippen molar-refractivity contribution in [3.63, 3.8) is 0 Å². The molecule has 2 heterocycles. The number of aliphatic hydroxyl groups is 1. The van der Waals surface area contributed by atoms with E-state index in [1.54, 1.807) is 32.0 Å². The molecular formula is C14H23N5O2. The van der Waals surface area contributed by atoms with Gasteiger partial charge in [-0.1, -0.05) is 0 Å². The van der Waals surface area contributed by atoms with E-state index in [0.717, 1.165) is 13.1 Å². The molecule has 0 bridgehead atoms. The fourth-order valence-corrected chi connectivity index (χ4v) is 2.41. The molecule has 2 rings (SSSR count). The van der Waals surface area contributed by atoms with Crippen molar-refractivity contribution >= 4 is 11.7 Å². The van der Waals surface area contributed by atoms with Crippen LogP contribution in [-0.4, -0.2) is 76.2 Å². The molecule has 1 fully saturated rings. The van der Waals surface area contributed by atoms with Gasteiger partial charge in [-0.25, -0.2) is 4.98 Å². The van der Waals surface area contributed by atoms with E-state index in [9.17, 15) is 9.90 Å². The smallest absolute Gasteiger partial charge is 0.274 e. The summed E-state index contributed by atoms with van der Waals surface area (Å²) in [5, 5.41) is 12.7. The van der Waals surface area contributed by atoms with Gasteiger partial charge in [-0.3, -0.25) is 14.7 Å². The largest absolute Gasteiger partial charge is 0.389 e. The molecule has 1 saturated heterocycles. The Balaban J connectivity index is 1.94. The summed E-state index contributed by atoms with van der Waals surface area (Å²) in [6.45, 7) is 7.00. The molecule has 1 amide bonds. The third-order valence-electron chi connectivity index (χ3n) is 3.38. The Bertz CT molecular complexity index is 492. The first-order chi connectivity index (χ1) is 9.89. The van der Waals surface area contributed by atoms with Crippen LogP contribution in [0.15, 0.2) is 12.4 Å². The highest BCUT2D eigenvalue weighted by Gasteiger charge is 2.26. The maximum absolute atomic E-state index is 12.4. The summed E-state index contributed by atoms with van der Waals surface area (Å²) < 4.78 is 0. The molecule has 7 nitrogen and oxygen atoms in total. The lowest BCUT2D eigenvalue weighted by Gasteiger charge is -2.37. The summed E-state index contributed by atoms with van der Waals surface area (Å²) in [4.78, 5) is 24.6. The van der Waals surface area contributed by atoms with Gasteiger partial charge in [0.1, 0.15) is 11.5 Å². The van der Waals surface area contributed by atoms with Gasteiger partial charge in [0.25, 0.3) is 5.91 Å². The van der Waals surface area contributed by atoms with Crippen LogP contribution in [0.4, 0.5) is 5.82 Å². The van der Waals surface area contributed by atoms with E-state index in [4.69, 9.17) is 0 Å². The predicted octanol–water partition coefficient (Wildman–Crippen LogP) is 0.0470. The number of carbonyl (C=O) groups is 1. The number of hydrogen-bond donors (Lipinski definition) is 2. The van der Waals surface area contributed by atoms with Gasteiger partial charge < -0.3 is 15.3 Å². The maximum atomic E-state index is 12.4. The molecule has 1 aliphatic heterocycles.